The molecular formula is C27H23FN6OS2. The molecule has 2 N–H and O–H groups in total. The van der Waals surface area contributed by atoms with Gasteiger partial charge in [0.1, 0.15) is 5.82 Å². The lowest BCUT2D eigenvalue weighted by Crippen LogP contribution is -2.35. The number of thiophene rings is 1. The van der Waals surface area contributed by atoms with Gasteiger partial charge in [0.25, 0.3) is 0 Å². The number of amides is 1. The third-order valence-corrected chi connectivity index (χ3v) is 7.11. The molecule has 0 aliphatic heterocycles. The van der Waals surface area contributed by atoms with Gasteiger partial charge in [0.2, 0.25) is 5.91 Å². The zero-order valence-electron chi connectivity index (χ0n) is 20.1. The van der Waals surface area contributed by atoms with Crippen molar-refractivity contribution in [1.82, 2.24) is 19.9 Å². The van der Waals surface area contributed by atoms with Crippen molar-refractivity contribution in [2.24, 2.45) is 7.05 Å². The summed E-state index contributed by atoms with van der Waals surface area (Å²) in [5, 5.41) is 5.63. The quantitative estimate of drug-likeness (QED) is 0.276. The highest BCUT2D eigenvalue weighted by Crippen LogP contribution is 2.39. The first-order valence-electron chi connectivity index (χ1n) is 11.4. The van der Waals surface area contributed by atoms with Crippen LogP contribution in [0.1, 0.15) is 5.56 Å². The number of thiocarbonyl (C=S) groups is 1. The number of benzene rings is 2. The second-order valence-electron chi connectivity index (χ2n) is 8.47. The van der Waals surface area contributed by atoms with Gasteiger partial charge in [-0.3, -0.25) is 9.78 Å². The van der Waals surface area contributed by atoms with Crippen LogP contribution in [-0.2, 0) is 18.3 Å². The molecular weight excluding hydrogens is 507 g/mol. The lowest BCUT2D eigenvalue weighted by Gasteiger charge is -2.21. The maximum atomic E-state index is 15.2. The summed E-state index contributed by atoms with van der Waals surface area (Å²) < 4.78 is 18.1. The molecule has 10 heteroatoms. The first-order chi connectivity index (χ1) is 17.9. The standard InChI is InChI=1S/C27H23FN6OS2/c1-33-15-21(30-16-33)24-14-20-26(37-24)23(10-11-29-20)34(2)22-9-8-18(13-19(22)28)31-27(36)32-25(35)12-17-6-4-3-5-7-17/h3-11,13-16H,12H2,1-2H3,(H2,31,32,35,36). The number of hydrogen-bond donors (Lipinski definition) is 2. The van der Waals surface area contributed by atoms with E-state index in [-0.39, 0.29) is 17.4 Å². The molecule has 1 amide bonds. The normalized spacial score (nSPS) is 10.9. The van der Waals surface area contributed by atoms with Crippen LogP contribution in [0.5, 0.6) is 0 Å². The number of hydrogen-bond acceptors (Lipinski definition) is 6. The van der Waals surface area contributed by atoms with E-state index in [1.807, 2.05) is 67.3 Å². The fourth-order valence-corrected chi connectivity index (χ4v) is 5.31. The molecule has 0 spiro atoms. The Labute approximate surface area is 222 Å². The number of nitrogens with one attached hydrogen (secondary N) is 2. The maximum Gasteiger partial charge on any atom is 0.230 e. The van der Waals surface area contributed by atoms with Gasteiger partial charge in [-0.15, -0.1) is 11.3 Å². The van der Waals surface area contributed by atoms with Gasteiger partial charge < -0.3 is 20.1 Å². The average Bonchev–Trinajstić information content (AvgIpc) is 3.50. The minimum atomic E-state index is -0.433. The first kappa shape index (κ1) is 24.5. The largest absolute Gasteiger partial charge is 0.341 e. The van der Waals surface area contributed by atoms with E-state index in [9.17, 15) is 4.79 Å². The number of rotatable bonds is 6. The van der Waals surface area contributed by atoms with Gasteiger partial charge >= 0.3 is 0 Å². The van der Waals surface area contributed by atoms with Gasteiger partial charge in [0.15, 0.2) is 5.11 Å². The lowest BCUT2D eigenvalue weighted by atomic mass is 10.1. The highest BCUT2D eigenvalue weighted by Gasteiger charge is 2.17. The predicted octanol–water partition coefficient (Wildman–Crippen LogP) is 5.66. The number of fused-ring (bicyclic) bond motifs is 1. The van der Waals surface area contributed by atoms with Crippen molar-refractivity contribution in [3.63, 3.8) is 0 Å². The molecule has 3 aromatic heterocycles. The molecule has 0 aliphatic rings. The minimum Gasteiger partial charge on any atom is -0.341 e. The average molecular weight is 531 g/mol. The van der Waals surface area contributed by atoms with Crippen molar-refractivity contribution in [3.8, 4) is 10.6 Å². The number of anilines is 3. The van der Waals surface area contributed by atoms with Gasteiger partial charge in [-0.05, 0) is 48.1 Å². The van der Waals surface area contributed by atoms with Crippen molar-refractivity contribution in [3.05, 3.63) is 90.8 Å². The predicted molar refractivity (Wildman–Crippen MR) is 151 cm³/mol. The van der Waals surface area contributed by atoms with Crippen LogP contribution in [0.25, 0.3) is 20.8 Å². The van der Waals surface area contributed by atoms with E-state index in [0.29, 0.717) is 11.4 Å². The van der Waals surface area contributed by atoms with Crippen LogP contribution < -0.4 is 15.5 Å². The Morgan fingerprint density at radius 3 is 2.65 bits per heavy atom. The molecule has 0 bridgehead atoms. The number of pyridine rings is 1. The van der Waals surface area contributed by atoms with Crippen molar-refractivity contribution in [2.75, 3.05) is 17.3 Å². The zero-order chi connectivity index (χ0) is 25.9. The molecule has 3 heterocycles. The van der Waals surface area contributed by atoms with Crippen LogP contribution in [0, 0.1) is 5.82 Å². The van der Waals surface area contributed by atoms with Crippen LogP contribution in [0.3, 0.4) is 0 Å². The third kappa shape index (κ3) is 5.50. The molecule has 0 saturated carbocycles. The smallest absolute Gasteiger partial charge is 0.230 e. The second-order valence-corrected chi connectivity index (χ2v) is 9.93. The Morgan fingerprint density at radius 2 is 1.92 bits per heavy atom. The van der Waals surface area contributed by atoms with E-state index in [0.717, 1.165) is 32.0 Å². The summed E-state index contributed by atoms with van der Waals surface area (Å²) in [6.45, 7) is 0. The molecule has 0 unspecified atom stereocenters. The van der Waals surface area contributed by atoms with E-state index in [2.05, 4.69) is 20.6 Å². The van der Waals surface area contributed by atoms with Crippen LogP contribution in [0.2, 0.25) is 0 Å². The number of nitrogens with zero attached hydrogens (tertiary/aromatic N) is 4. The molecule has 0 atom stereocenters. The van der Waals surface area contributed by atoms with E-state index in [4.69, 9.17) is 12.2 Å². The first-order valence-corrected chi connectivity index (χ1v) is 12.6. The summed E-state index contributed by atoms with van der Waals surface area (Å²) in [5.74, 6) is -0.680. The van der Waals surface area contributed by atoms with Crippen molar-refractivity contribution in [1.29, 1.82) is 0 Å². The fraction of sp³-hybridized carbons (Fsp3) is 0.111. The SMILES string of the molecule is CN(c1ccc(NC(=S)NC(=O)Cc2ccccc2)cc1F)c1ccnc2cc(-c3cn(C)cn3)sc12. The van der Waals surface area contributed by atoms with Gasteiger partial charge in [-0.1, -0.05) is 30.3 Å². The Hall–Kier alpha value is -4.15. The topological polar surface area (TPSA) is 75.1 Å². The second kappa shape index (κ2) is 10.5. The summed E-state index contributed by atoms with van der Waals surface area (Å²) in [4.78, 5) is 24.0. The molecule has 5 rings (SSSR count). The molecule has 0 radical (unpaired) electrons. The highest BCUT2D eigenvalue weighted by atomic mass is 32.1. The molecule has 7 nitrogen and oxygen atoms in total. The molecule has 0 fully saturated rings. The third-order valence-electron chi connectivity index (χ3n) is 5.74. The zero-order valence-corrected chi connectivity index (χ0v) is 21.7. The summed E-state index contributed by atoms with van der Waals surface area (Å²) in [5.41, 5.74) is 4.24. The van der Waals surface area contributed by atoms with Crippen LogP contribution >= 0.6 is 23.6 Å². The number of imidazole rings is 1. The molecule has 2 aromatic carbocycles. The minimum absolute atomic E-state index is 0.109. The van der Waals surface area contributed by atoms with Gasteiger partial charge in [0, 0.05) is 32.2 Å². The number of aromatic nitrogens is 3. The number of aryl methyl sites for hydroxylation is 1. The number of carbonyl (C=O) groups excluding carboxylic acids is 1. The van der Waals surface area contributed by atoms with Gasteiger partial charge in [-0.2, -0.15) is 0 Å². The summed E-state index contributed by atoms with van der Waals surface area (Å²) in [6, 6.07) is 18.0. The monoisotopic (exact) mass is 530 g/mol. The molecule has 5 aromatic rings. The van der Waals surface area contributed by atoms with E-state index < -0.39 is 5.82 Å². The van der Waals surface area contributed by atoms with E-state index >= 15 is 4.39 Å². The Balaban J connectivity index is 1.30. The van der Waals surface area contributed by atoms with Crippen LogP contribution in [0.15, 0.2) is 79.4 Å². The highest BCUT2D eigenvalue weighted by molar-refractivity contribution is 7.80. The molecule has 0 aliphatic carbocycles. The van der Waals surface area contributed by atoms with Crippen molar-refractivity contribution >= 4 is 61.9 Å². The molecule has 37 heavy (non-hydrogen) atoms. The lowest BCUT2D eigenvalue weighted by molar-refractivity contribution is -0.119. The Bertz CT molecular complexity index is 1600. The summed E-state index contributed by atoms with van der Waals surface area (Å²) in [6.07, 6.45) is 5.62. The number of halogens is 1. The van der Waals surface area contributed by atoms with Crippen LogP contribution in [-0.4, -0.2) is 32.6 Å². The van der Waals surface area contributed by atoms with Crippen molar-refractivity contribution in [2.45, 2.75) is 6.42 Å². The fourth-order valence-electron chi connectivity index (χ4n) is 3.96. The molecule has 186 valence electrons. The van der Waals surface area contributed by atoms with Gasteiger partial charge in [-0.25, -0.2) is 9.37 Å². The molecule has 0 saturated heterocycles. The Kier molecular flexibility index (Phi) is 6.93. The maximum absolute atomic E-state index is 15.2. The number of carbonyl (C=O) groups is 1. The Morgan fingerprint density at radius 1 is 1.11 bits per heavy atom. The summed E-state index contributed by atoms with van der Waals surface area (Å²) in [7, 11) is 3.74. The summed E-state index contributed by atoms with van der Waals surface area (Å²) >= 11 is 6.81. The van der Waals surface area contributed by atoms with E-state index in [1.54, 1.807) is 40.9 Å². The van der Waals surface area contributed by atoms with Crippen molar-refractivity contribution < 1.29 is 9.18 Å². The van der Waals surface area contributed by atoms with E-state index in [1.165, 1.54) is 6.07 Å². The van der Waals surface area contributed by atoms with Crippen LogP contribution in [0.4, 0.5) is 21.5 Å². The van der Waals surface area contributed by atoms with Gasteiger partial charge in [0.05, 0.1) is 44.9 Å².